The molecule has 6 nitrogen and oxygen atoms in total. The number of ether oxygens (including phenoxy) is 3. The second-order valence-corrected chi connectivity index (χ2v) is 18.5. The Kier molecular flexibility index (Phi) is 54.5. The van der Waals surface area contributed by atoms with Crippen LogP contribution in [0.5, 0.6) is 0 Å². The van der Waals surface area contributed by atoms with Gasteiger partial charge in [0.25, 0.3) is 0 Å². The van der Waals surface area contributed by atoms with Crippen molar-refractivity contribution in [2.45, 2.75) is 245 Å². The maximum atomic E-state index is 12.8. The zero-order chi connectivity index (χ0) is 51.4. The van der Waals surface area contributed by atoms with Gasteiger partial charge in [-0.25, -0.2) is 0 Å². The molecule has 71 heavy (non-hydrogen) atoms. The molecule has 0 amide bonds. The molecule has 1 atom stereocenters. The SMILES string of the molecule is CC/C=C\C/C=C\C/C=C\CCCCCCCCCCCC(=O)OCC(COC(=O)CCC/C=C\C/C=C\C/C=C\C/C=C\CCCCC)OC(=O)CCC/C=C\C/C=C\C/C=C\C/C=C\CCCCC. The molecule has 0 spiro atoms. The molecular formula is C65H104O6. The van der Waals surface area contributed by atoms with Gasteiger partial charge in [0.15, 0.2) is 6.10 Å². The minimum Gasteiger partial charge on any atom is -0.462 e. The van der Waals surface area contributed by atoms with Crippen molar-refractivity contribution in [2.24, 2.45) is 0 Å². The molecule has 0 aromatic heterocycles. The molecule has 0 aliphatic heterocycles. The van der Waals surface area contributed by atoms with E-state index < -0.39 is 6.10 Å². The van der Waals surface area contributed by atoms with Crippen molar-refractivity contribution < 1.29 is 28.6 Å². The van der Waals surface area contributed by atoms with E-state index in [-0.39, 0.29) is 44.0 Å². The fraction of sp³-hybridized carbons (Fsp3) is 0.615. The highest BCUT2D eigenvalue weighted by molar-refractivity contribution is 5.71. The highest BCUT2D eigenvalue weighted by Gasteiger charge is 2.19. The number of carbonyl (C=O) groups is 3. The lowest BCUT2D eigenvalue weighted by molar-refractivity contribution is -0.167. The molecule has 0 fully saturated rings. The van der Waals surface area contributed by atoms with E-state index in [0.29, 0.717) is 19.3 Å². The smallest absolute Gasteiger partial charge is 0.306 e. The zero-order valence-corrected chi connectivity index (χ0v) is 45.7. The van der Waals surface area contributed by atoms with Crippen molar-refractivity contribution >= 4 is 17.9 Å². The van der Waals surface area contributed by atoms with Crippen LogP contribution in [0, 0.1) is 0 Å². The standard InChI is InChI=1S/C65H104O6/c1-4-7-10-13-16-19-22-25-28-31-32-35-37-40-43-46-49-52-55-58-64(67)70-61-62(71-65(68)59-56-53-50-47-44-41-38-34-30-27-24-21-18-15-12-9-6-3)60-69-63(66)57-54-51-48-45-42-39-36-33-29-26-23-20-17-14-11-8-5-2/h7,10,16-21,25-30,36,38-39,41,45,47-48,50,62H,4-6,8-9,11-15,22-24,31-35,37,40,42-44,46,49,51-61H2,1-3H3/b10-7-,19-16-,20-17-,21-18-,28-25-,29-26-,30-27-,39-36-,41-38-,48-45-,50-47-. The molecule has 400 valence electrons. The van der Waals surface area contributed by atoms with E-state index in [1.807, 2.05) is 0 Å². The minimum absolute atomic E-state index is 0.124. The Bertz CT molecular complexity index is 1550. The van der Waals surface area contributed by atoms with Gasteiger partial charge >= 0.3 is 17.9 Å². The lowest BCUT2D eigenvalue weighted by Crippen LogP contribution is -2.30. The normalized spacial score (nSPS) is 13.1. The van der Waals surface area contributed by atoms with Gasteiger partial charge < -0.3 is 14.2 Å². The number of carbonyl (C=O) groups excluding carboxylic acids is 3. The Balaban J connectivity index is 4.57. The third kappa shape index (κ3) is 56.3. The van der Waals surface area contributed by atoms with E-state index in [2.05, 4.69) is 154 Å². The largest absolute Gasteiger partial charge is 0.462 e. The summed E-state index contributed by atoms with van der Waals surface area (Å²) in [5.41, 5.74) is 0. The van der Waals surface area contributed by atoms with Crippen molar-refractivity contribution in [3.63, 3.8) is 0 Å². The fourth-order valence-electron chi connectivity index (χ4n) is 7.32. The summed E-state index contributed by atoms with van der Waals surface area (Å²) in [5, 5.41) is 0. The van der Waals surface area contributed by atoms with Crippen molar-refractivity contribution in [1.82, 2.24) is 0 Å². The van der Waals surface area contributed by atoms with Crippen LogP contribution < -0.4 is 0 Å². The monoisotopic (exact) mass is 981 g/mol. The topological polar surface area (TPSA) is 78.9 Å². The molecular weight excluding hydrogens is 877 g/mol. The molecule has 0 aliphatic carbocycles. The minimum atomic E-state index is -0.836. The van der Waals surface area contributed by atoms with Gasteiger partial charge in [0.05, 0.1) is 0 Å². The van der Waals surface area contributed by atoms with Crippen LogP contribution >= 0.6 is 0 Å². The number of unbranched alkanes of at least 4 members (excludes halogenated alkanes) is 17. The molecule has 0 heterocycles. The van der Waals surface area contributed by atoms with Crippen molar-refractivity contribution in [3.8, 4) is 0 Å². The van der Waals surface area contributed by atoms with Crippen LogP contribution in [0.25, 0.3) is 0 Å². The number of rotatable bonds is 50. The van der Waals surface area contributed by atoms with Crippen molar-refractivity contribution in [3.05, 3.63) is 134 Å². The fourth-order valence-corrected chi connectivity index (χ4v) is 7.32. The van der Waals surface area contributed by atoms with Gasteiger partial charge in [-0.1, -0.05) is 225 Å². The molecule has 0 aliphatic rings. The first-order valence-electron chi connectivity index (χ1n) is 28.7. The van der Waals surface area contributed by atoms with Crippen LogP contribution in [-0.2, 0) is 28.6 Å². The van der Waals surface area contributed by atoms with Gasteiger partial charge in [-0.15, -0.1) is 0 Å². The van der Waals surface area contributed by atoms with Crippen LogP contribution in [0.15, 0.2) is 134 Å². The number of hydrogen-bond acceptors (Lipinski definition) is 6. The van der Waals surface area contributed by atoms with E-state index >= 15 is 0 Å². The van der Waals surface area contributed by atoms with Crippen LogP contribution in [0.4, 0.5) is 0 Å². The predicted molar refractivity (Wildman–Crippen MR) is 306 cm³/mol. The van der Waals surface area contributed by atoms with Crippen LogP contribution in [0.2, 0.25) is 0 Å². The summed E-state index contributed by atoms with van der Waals surface area (Å²) in [7, 11) is 0. The second-order valence-electron chi connectivity index (χ2n) is 18.5. The average Bonchev–Trinajstić information content (AvgIpc) is 3.37. The lowest BCUT2D eigenvalue weighted by Gasteiger charge is -2.18. The Labute approximate surface area is 436 Å². The highest BCUT2D eigenvalue weighted by atomic mass is 16.6. The van der Waals surface area contributed by atoms with Gasteiger partial charge in [0.2, 0.25) is 0 Å². The summed E-state index contributed by atoms with van der Waals surface area (Å²) in [4.78, 5) is 38.1. The summed E-state index contributed by atoms with van der Waals surface area (Å²) in [6, 6.07) is 0. The summed E-state index contributed by atoms with van der Waals surface area (Å²) in [5.74, 6) is -1.05. The van der Waals surface area contributed by atoms with E-state index in [0.717, 1.165) is 96.3 Å². The Morgan fingerprint density at radius 3 is 0.915 bits per heavy atom. The van der Waals surface area contributed by atoms with Crippen LogP contribution in [0.3, 0.4) is 0 Å². The van der Waals surface area contributed by atoms with Gasteiger partial charge in [-0.05, 0) is 128 Å². The first-order chi connectivity index (χ1) is 35.0. The molecule has 0 N–H and O–H groups in total. The highest BCUT2D eigenvalue weighted by Crippen LogP contribution is 2.13. The Hall–Kier alpha value is -4.45. The molecule has 0 saturated carbocycles. The molecule has 0 aromatic carbocycles. The van der Waals surface area contributed by atoms with E-state index in [1.54, 1.807) is 0 Å². The average molecular weight is 982 g/mol. The van der Waals surface area contributed by atoms with Gasteiger partial charge in [-0.2, -0.15) is 0 Å². The van der Waals surface area contributed by atoms with E-state index in [9.17, 15) is 14.4 Å². The quantitative estimate of drug-likeness (QED) is 0.0262. The molecule has 1 unspecified atom stereocenters. The maximum Gasteiger partial charge on any atom is 0.306 e. The van der Waals surface area contributed by atoms with Crippen LogP contribution in [0.1, 0.15) is 239 Å². The molecule has 6 heteroatoms. The van der Waals surface area contributed by atoms with Gasteiger partial charge in [0.1, 0.15) is 13.2 Å². The van der Waals surface area contributed by atoms with Crippen molar-refractivity contribution in [2.75, 3.05) is 13.2 Å². The molecule has 0 bridgehead atoms. The molecule has 0 aromatic rings. The maximum absolute atomic E-state index is 12.8. The molecule has 0 radical (unpaired) electrons. The van der Waals surface area contributed by atoms with E-state index in [4.69, 9.17) is 14.2 Å². The summed E-state index contributed by atoms with van der Waals surface area (Å²) in [6.45, 7) is 6.37. The summed E-state index contributed by atoms with van der Waals surface area (Å²) >= 11 is 0. The summed E-state index contributed by atoms with van der Waals surface area (Å²) in [6.07, 6.45) is 81.6. The van der Waals surface area contributed by atoms with Gasteiger partial charge in [0, 0.05) is 19.3 Å². The second kappa shape index (κ2) is 58.1. The number of hydrogen-bond donors (Lipinski definition) is 0. The first kappa shape index (κ1) is 66.6. The van der Waals surface area contributed by atoms with Gasteiger partial charge in [-0.3, -0.25) is 14.4 Å². The number of allylic oxidation sites excluding steroid dienone is 22. The molecule has 0 saturated heterocycles. The predicted octanol–water partition coefficient (Wildman–Crippen LogP) is 19.4. The summed E-state index contributed by atoms with van der Waals surface area (Å²) < 4.78 is 16.8. The third-order valence-electron chi connectivity index (χ3n) is 11.6. The number of esters is 3. The molecule has 0 rings (SSSR count). The Morgan fingerprint density at radius 2 is 0.563 bits per heavy atom. The third-order valence-corrected chi connectivity index (χ3v) is 11.6. The van der Waals surface area contributed by atoms with E-state index in [1.165, 1.54) is 89.9 Å². The van der Waals surface area contributed by atoms with Crippen LogP contribution in [-0.4, -0.2) is 37.2 Å². The zero-order valence-electron chi connectivity index (χ0n) is 45.7. The first-order valence-corrected chi connectivity index (χ1v) is 28.7. The van der Waals surface area contributed by atoms with Crippen molar-refractivity contribution in [1.29, 1.82) is 0 Å². The lowest BCUT2D eigenvalue weighted by atomic mass is 10.1. The Morgan fingerprint density at radius 1 is 0.296 bits per heavy atom.